The summed E-state index contributed by atoms with van der Waals surface area (Å²) in [5.41, 5.74) is 3.61. The van der Waals surface area contributed by atoms with Crippen molar-refractivity contribution in [3.63, 3.8) is 0 Å². The number of halogens is 2. The van der Waals surface area contributed by atoms with E-state index in [1.54, 1.807) is 30.5 Å². The molecule has 0 saturated heterocycles. The topological polar surface area (TPSA) is 49.3 Å². The zero-order valence-corrected chi connectivity index (χ0v) is 16.7. The van der Waals surface area contributed by atoms with E-state index in [-0.39, 0.29) is 5.88 Å². The van der Waals surface area contributed by atoms with Crippen LogP contribution in [-0.4, -0.2) is 6.21 Å². The van der Waals surface area contributed by atoms with Crippen molar-refractivity contribution >= 4 is 35.3 Å². The maximum Gasteiger partial charge on any atom is 0.238 e. The summed E-state index contributed by atoms with van der Waals surface area (Å²) in [6, 6.07) is 26.5. The maximum absolute atomic E-state index is 9.88. The van der Waals surface area contributed by atoms with Gasteiger partial charge in [0.05, 0.1) is 0 Å². The van der Waals surface area contributed by atoms with Crippen LogP contribution in [0.1, 0.15) is 11.1 Å². The predicted molar refractivity (Wildman–Crippen MR) is 118 cm³/mol. The minimum Gasteiger partial charge on any atom is -0.436 e. The molecule has 140 valence electrons. The molecule has 0 fully saturated rings. The maximum atomic E-state index is 9.88. The van der Waals surface area contributed by atoms with Crippen LogP contribution in [0.2, 0.25) is 10.0 Å². The van der Waals surface area contributed by atoms with Gasteiger partial charge in [-0.25, -0.2) is 4.99 Å². The Labute approximate surface area is 178 Å². The Bertz CT molecular complexity index is 1200. The molecule has 0 radical (unpaired) electrons. The van der Waals surface area contributed by atoms with Gasteiger partial charge in [-0.2, -0.15) is 5.26 Å². The Kier molecular flexibility index (Phi) is 5.48. The van der Waals surface area contributed by atoms with Crippen LogP contribution in [0.5, 0.6) is 0 Å². The first kappa shape index (κ1) is 19.0. The highest BCUT2D eigenvalue weighted by molar-refractivity contribution is 6.31. The molecular weight excluding hydrogens is 403 g/mol. The van der Waals surface area contributed by atoms with Crippen molar-refractivity contribution in [3.8, 4) is 28.5 Å². The largest absolute Gasteiger partial charge is 0.436 e. The minimum absolute atomic E-state index is 0.256. The summed E-state index contributed by atoms with van der Waals surface area (Å²) in [5, 5.41) is 11.2. The summed E-state index contributed by atoms with van der Waals surface area (Å²) in [6.07, 6.45) is 1.65. The van der Waals surface area contributed by atoms with E-state index in [9.17, 15) is 5.26 Å². The van der Waals surface area contributed by atoms with Gasteiger partial charge in [0, 0.05) is 27.4 Å². The number of furan rings is 1. The lowest BCUT2D eigenvalue weighted by molar-refractivity contribution is 0.593. The summed E-state index contributed by atoms with van der Waals surface area (Å²) in [4.78, 5) is 4.44. The zero-order chi connectivity index (χ0) is 20.2. The molecule has 4 rings (SSSR count). The van der Waals surface area contributed by atoms with Crippen molar-refractivity contribution in [1.29, 1.82) is 5.26 Å². The number of nitrogens with zero attached hydrogens (tertiary/aromatic N) is 2. The Hall–Kier alpha value is -3.32. The number of hydrogen-bond donors (Lipinski definition) is 0. The third kappa shape index (κ3) is 4.09. The van der Waals surface area contributed by atoms with Gasteiger partial charge in [0.2, 0.25) is 5.88 Å². The smallest absolute Gasteiger partial charge is 0.238 e. The highest BCUT2D eigenvalue weighted by atomic mass is 35.5. The monoisotopic (exact) mass is 416 g/mol. The van der Waals surface area contributed by atoms with Crippen LogP contribution in [0.4, 0.5) is 5.88 Å². The third-order valence-corrected chi connectivity index (χ3v) is 4.88. The fourth-order valence-corrected chi connectivity index (χ4v) is 3.23. The molecule has 4 aromatic rings. The van der Waals surface area contributed by atoms with E-state index in [0.29, 0.717) is 26.9 Å². The highest BCUT2D eigenvalue weighted by Gasteiger charge is 2.22. The van der Waals surface area contributed by atoms with E-state index in [2.05, 4.69) is 11.1 Å². The van der Waals surface area contributed by atoms with Gasteiger partial charge in [-0.1, -0.05) is 77.8 Å². The van der Waals surface area contributed by atoms with E-state index in [0.717, 1.165) is 16.7 Å². The van der Waals surface area contributed by atoms with Crippen LogP contribution in [0.3, 0.4) is 0 Å². The molecule has 0 aliphatic heterocycles. The second-order valence-electron chi connectivity index (χ2n) is 6.28. The van der Waals surface area contributed by atoms with Crippen molar-refractivity contribution in [2.75, 3.05) is 0 Å². The predicted octanol–water partition coefficient (Wildman–Crippen LogP) is 7.54. The Morgan fingerprint density at radius 2 is 1.41 bits per heavy atom. The molecule has 29 heavy (non-hydrogen) atoms. The Balaban J connectivity index is 1.87. The molecule has 3 nitrogen and oxygen atoms in total. The first-order valence-electron chi connectivity index (χ1n) is 8.83. The standard InChI is InChI=1S/C24H14Cl2N2O/c25-19-10-6-16(7-11-19)15-28-24-21(14-27)22(17-8-12-20(26)13-9-17)23(29-24)18-4-2-1-3-5-18/h1-13,15H. The van der Waals surface area contributed by atoms with Crippen molar-refractivity contribution in [1.82, 2.24) is 0 Å². The molecular formula is C24H14Cl2N2O. The molecule has 0 aliphatic carbocycles. The van der Waals surface area contributed by atoms with Crippen LogP contribution in [-0.2, 0) is 0 Å². The summed E-state index contributed by atoms with van der Waals surface area (Å²) in [6.45, 7) is 0. The van der Waals surface area contributed by atoms with Gasteiger partial charge in [-0.05, 0) is 35.4 Å². The minimum atomic E-state index is 0.256. The fourth-order valence-electron chi connectivity index (χ4n) is 2.98. The zero-order valence-electron chi connectivity index (χ0n) is 15.1. The lowest BCUT2D eigenvalue weighted by Gasteiger charge is -2.03. The van der Waals surface area contributed by atoms with Crippen molar-refractivity contribution in [2.45, 2.75) is 0 Å². The van der Waals surface area contributed by atoms with Crippen molar-refractivity contribution < 1.29 is 4.42 Å². The molecule has 1 aromatic heterocycles. The molecule has 0 bridgehead atoms. The normalized spacial score (nSPS) is 10.9. The SMILES string of the molecule is N#Cc1c(N=Cc2ccc(Cl)cc2)oc(-c2ccccc2)c1-c1ccc(Cl)cc1. The van der Waals surface area contributed by atoms with E-state index in [1.165, 1.54) is 0 Å². The first-order chi connectivity index (χ1) is 14.2. The summed E-state index contributed by atoms with van der Waals surface area (Å²) >= 11 is 12.0. The van der Waals surface area contributed by atoms with Crippen LogP contribution in [0, 0.1) is 11.3 Å². The third-order valence-electron chi connectivity index (χ3n) is 4.37. The molecule has 0 amide bonds. The average Bonchev–Trinajstić information content (AvgIpc) is 3.13. The number of benzene rings is 3. The number of rotatable bonds is 4. The quantitative estimate of drug-likeness (QED) is 0.322. The molecule has 0 atom stereocenters. The van der Waals surface area contributed by atoms with Crippen LogP contribution in [0.15, 0.2) is 88.3 Å². The van der Waals surface area contributed by atoms with Crippen molar-refractivity contribution in [3.05, 3.63) is 100 Å². The number of aliphatic imine (C=N–C) groups is 1. The van der Waals surface area contributed by atoms with E-state index in [1.807, 2.05) is 54.6 Å². The molecule has 0 saturated carbocycles. The average molecular weight is 417 g/mol. The molecule has 0 N–H and O–H groups in total. The molecule has 0 spiro atoms. The van der Waals surface area contributed by atoms with Crippen molar-refractivity contribution in [2.24, 2.45) is 4.99 Å². The summed E-state index contributed by atoms with van der Waals surface area (Å²) in [5.74, 6) is 0.846. The van der Waals surface area contributed by atoms with E-state index < -0.39 is 0 Å². The van der Waals surface area contributed by atoms with E-state index in [4.69, 9.17) is 27.6 Å². The van der Waals surface area contributed by atoms with Crippen LogP contribution >= 0.6 is 23.2 Å². The lowest BCUT2D eigenvalue weighted by atomic mass is 9.98. The molecule has 0 aliphatic rings. The van der Waals surface area contributed by atoms with Crippen LogP contribution in [0.25, 0.3) is 22.5 Å². The van der Waals surface area contributed by atoms with Crippen LogP contribution < -0.4 is 0 Å². The Morgan fingerprint density at radius 1 is 0.793 bits per heavy atom. The second-order valence-corrected chi connectivity index (χ2v) is 7.15. The van der Waals surface area contributed by atoms with Gasteiger partial charge in [0.25, 0.3) is 0 Å². The number of nitriles is 1. The molecule has 5 heteroatoms. The first-order valence-corrected chi connectivity index (χ1v) is 9.59. The van der Waals surface area contributed by atoms with Gasteiger partial charge in [0.15, 0.2) is 0 Å². The lowest BCUT2D eigenvalue weighted by Crippen LogP contribution is -1.84. The molecule has 1 heterocycles. The van der Waals surface area contributed by atoms with E-state index >= 15 is 0 Å². The Morgan fingerprint density at radius 3 is 2.03 bits per heavy atom. The fraction of sp³-hybridized carbons (Fsp3) is 0. The van der Waals surface area contributed by atoms with Gasteiger partial charge < -0.3 is 4.42 Å². The van der Waals surface area contributed by atoms with Gasteiger partial charge in [0.1, 0.15) is 17.4 Å². The molecule has 0 unspecified atom stereocenters. The second kappa shape index (κ2) is 8.36. The number of hydrogen-bond acceptors (Lipinski definition) is 3. The van der Waals surface area contributed by atoms with Gasteiger partial charge in [-0.15, -0.1) is 0 Å². The molecule has 3 aromatic carbocycles. The summed E-state index contributed by atoms with van der Waals surface area (Å²) < 4.78 is 6.07. The summed E-state index contributed by atoms with van der Waals surface area (Å²) in [7, 11) is 0. The highest BCUT2D eigenvalue weighted by Crippen LogP contribution is 2.42. The van der Waals surface area contributed by atoms with Gasteiger partial charge >= 0.3 is 0 Å². The van der Waals surface area contributed by atoms with Gasteiger partial charge in [-0.3, -0.25) is 0 Å².